The first-order valence-electron chi connectivity index (χ1n) is 6.21. The van der Waals surface area contributed by atoms with E-state index < -0.39 is 11.7 Å². The zero-order valence-electron chi connectivity index (χ0n) is 11.8. The summed E-state index contributed by atoms with van der Waals surface area (Å²) in [7, 11) is 0. The molecule has 1 amide bonds. The highest BCUT2D eigenvalue weighted by Gasteiger charge is 2.16. The Balaban J connectivity index is 2.77. The molecule has 1 rings (SSSR count). The lowest BCUT2D eigenvalue weighted by Gasteiger charge is -2.20. The maximum absolute atomic E-state index is 11.7. The lowest BCUT2D eigenvalue weighted by atomic mass is 10.1. The first-order chi connectivity index (χ1) is 8.67. The molecule has 0 unspecified atom stereocenters. The number of halogens is 1. The summed E-state index contributed by atoms with van der Waals surface area (Å²) in [5, 5.41) is 3.32. The van der Waals surface area contributed by atoms with Crippen LogP contribution in [-0.2, 0) is 11.2 Å². The van der Waals surface area contributed by atoms with E-state index in [0.717, 1.165) is 5.56 Å². The SMILES string of the molecule is C[C@@H](N)Cc1cc(NC(=O)OC(C)(C)C)ccc1Cl. The van der Waals surface area contributed by atoms with Crippen molar-refractivity contribution in [2.24, 2.45) is 5.73 Å². The molecule has 0 heterocycles. The zero-order valence-corrected chi connectivity index (χ0v) is 12.5. The van der Waals surface area contributed by atoms with Crippen molar-refractivity contribution in [3.05, 3.63) is 28.8 Å². The smallest absolute Gasteiger partial charge is 0.412 e. The molecule has 1 atom stereocenters. The molecule has 0 saturated heterocycles. The normalized spacial score (nSPS) is 12.9. The van der Waals surface area contributed by atoms with E-state index in [2.05, 4.69) is 5.32 Å². The van der Waals surface area contributed by atoms with E-state index >= 15 is 0 Å². The number of rotatable bonds is 3. The Kier molecular flexibility index (Phi) is 5.20. The molecular formula is C14H21ClN2O2. The minimum Gasteiger partial charge on any atom is -0.444 e. The van der Waals surface area contributed by atoms with Crippen LogP contribution in [0.5, 0.6) is 0 Å². The monoisotopic (exact) mass is 284 g/mol. The van der Waals surface area contributed by atoms with Gasteiger partial charge in [0.1, 0.15) is 5.60 Å². The second-order valence-electron chi connectivity index (χ2n) is 5.61. The van der Waals surface area contributed by atoms with Crippen molar-refractivity contribution in [3.8, 4) is 0 Å². The second-order valence-corrected chi connectivity index (χ2v) is 6.02. The average Bonchev–Trinajstić information content (AvgIpc) is 2.19. The summed E-state index contributed by atoms with van der Waals surface area (Å²) in [6.45, 7) is 7.35. The molecule has 0 radical (unpaired) electrons. The van der Waals surface area contributed by atoms with Crippen molar-refractivity contribution in [3.63, 3.8) is 0 Å². The van der Waals surface area contributed by atoms with E-state index in [-0.39, 0.29) is 6.04 Å². The molecule has 106 valence electrons. The van der Waals surface area contributed by atoms with Gasteiger partial charge in [0.15, 0.2) is 0 Å². The van der Waals surface area contributed by atoms with Crippen LogP contribution in [0.4, 0.5) is 10.5 Å². The van der Waals surface area contributed by atoms with Gasteiger partial charge in [0.05, 0.1) is 0 Å². The van der Waals surface area contributed by atoms with Crippen LogP contribution in [0.1, 0.15) is 33.3 Å². The number of carbonyl (C=O) groups is 1. The maximum Gasteiger partial charge on any atom is 0.412 e. The highest BCUT2D eigenvalue weighted by atomic mass is 35.5. The number of anilines is 1. The van der Waals surface area contributed by atoms with E-state index in [9.17, 15) is 4.79 Å². The molecular weight excluding hydrogens is 264 g/mol. The quantitative estimate of drug-likeness (QED) is 0.892. The second kappa shape index (κ2) is 6.26. The van der Waals surface area contributed by atoms with Crippen molar-refractivity contribution in [2.75, 3.05) is 5.32 Å². The fraction of sp³-hybridized carbons (Fsp3) is 0.500. The van der Waals surface area contributed by atoms with Crippen LogP contribution in [0, 0.1) is 0 Å². The van der Waals surface area contributed by atoms with Crippen molar-refractivity contribution in [1.82, 2.24) is 0 Å². The van der Waals surface area contributed by atoms with Gasteiger partial charge in [-0.25, -0.2) is 4.79 Å². The van der Waals surface area contributed by atoms with E-state index in [1.54, 1.807) is 12.1 Å². The molecule has 1 aromatic rings. The molecule has 4 nitrogen and oxygen atoms in total. The summed E-state index contributed by atoms with van der Waals surface area (Å²) in [6.07, 6.45) is 0.171. The Bertz CT molecular complexity index is 453. The summed E-state index contributed by atoms with van der Waals surface area (Å²) in [6, 6.07) is 5.30. The summed E-state index contributed by atoms with van der Waals surface area (Å²) in [5.41, 5.74) is 6.79. The Labute approximate surface area is 119 Å². The Morgan fingerprint density at radius 3 is 2.63 bits per heavy atom. The summed E-state index contributed by atoms with van der Waals surface area (Å²) in [5.74, 6) is 0. The van der Waals surface area contributed by atoms with Crippen LogP contribution in [0.3, 0.4) is 0 Å². The van der Waals surface area contributed by atoms with Crippen molar-refractivity contribution >= 4 is 23.4 Å². The molecule has 0 spiro atoms. The third-order valence-electron chi connectivity index (χ3n) is 2.23. The largest absolute Gasteiger partial charge is 0.444 e. The molecule has 0 saturated carbocycles. The molecule has 19 heavy (non-hydrogen) atoms. The molecule has 0 aliphatic rings. The molecule has 3 N–H and O–H groups in total. The number of hydrogen-bond donors (Lipinski definition) is 2. The van der Waals surface area contributed by atoms with Gasteiger partial charge in [-0.3, -0.25) is 5.32 Å². The zero-order chi connectivity index (χ0) is 14.6. The standard InChI is InChI=1S/C14H21ClN2O2/c1-9(16)7-10-8-11(5-6-12(10)15)17-13(18)19-14(2,3)4/h5-6,8-9H,7,16H2,1-4H3,(H,17,18)/t9-/m1/s1. The van der Waals surface area contributed by atoms with Gasteiger partial charge in [0.25, 0.3) is 0 Å². The van der Waals surface area contributed by atoms with Gasteiger partial charge in [-0.15, -0.1) is 0 Å². The van der Waals surface area contributed by atoms with Crippen LogP contribution >= 0.6 is 11.6 Å². The van der Waals surface area contributed by atoms with Crippen LogP contribution in [0.25, 0.3) is 0 Å². The minimum absolute atomic E-state index is 0.00859. The number of carbonyl (C=O) groups excluding carboxylic acids is 1. The van der Waals surface area contributed by atoms with Gasteiger partial charge in [-0.05, 0) is 57.9 Å². The third-order valence-corrected chi connectivity index (χ3v) is 2.60. The van der Waals surface area contributed by atoms with Crippen LogP contribution in [-0.4, -0.2) is 17.7 Å². The molecule has 0 aromatic heterocycles. The van der Waals surface area contributed by atoms with Crippen molar-refractivity contribution in [2.45, 2.75) is 45.8 Å². The summed E-state index contributed by atoms with van der Waals surface area (Å²) in [4.78, 5) is 11.7. The van der Waals surface area contributed by atoms with Gasteiger partial charge in [0, 0.05) is 16.8 Å². The van der Waals surface area contributed by atoms with Crippen molar-refractivity contribution in [1.29, 1.82) is 0 Å². The van der Waals surface area contributed by atoms with Crippen LogP contribution < -0.4 is 11.1 Å². The predicted molar refractivity (Wildman–Crippen MR) is 78.7 cm³/mol. The molecule has 1 aromatic carbocycles. The van der Waals surface area contributed by atoms with Crippen molar-refractivity contribution < 1.29 is 9.53 Å². The third kappa shape index (κ3) is 5.94. The fourth-order valence-electron chi connectivity index (χ4n) is 1.58. The number of amides is 1. The summed E-state index contributed by atoms with van der Waals surface area (Å²) < 4.78 is 5.19. The highest BCUT2D eigenvalue weighted by Crippen LogP contribution is 2.22. The predicted octanol–water partition coefficient (Wildman–Crippen LogP) is 3.58. The van der Waals surface area contributed by atoms with Crippen LogP contribution in [0.2, 0.25) is 5.02 Å². The minimum atomic E-state index is -0.523. The van der Waals surface area contributed by atoms with E-state index in [1.165, 1.54) is 0 Å². The molecule has 0 aliphatic carbocycles. The molecule has 0 fully saturated rings. The first kappa shape index (κ1) is 15.8. The summed E-state index contributed by atoms with van der Waals surface area (Å²) >= 11 is 6.08. The number of nitrogens with two attached hydrogens (primary N) is 1. The number of hydrogen-bond acceptors (Lipinski definition) is 3. The first-order valence-corrected chi connectivity index (χ1v) is 6.59. The lowest BCUT2D eigenvalue weighted by Crippen LogP contribution is -2.27. The number of ether oxygens (including phenoxy) is 1. The van der Waals surface area contributed by atoms with Crippen LogP contribution in [0.15, 0.2) is 18.2 Å². The Morgan fingerprint density at radius 2 is 2.11 bits per heavy atom. The van der Waals surface area contributed by atoms with E-state index in [4.69, 9.17) is 22.1 Å². The highest BCUT2D eigenvalue weighted by molar-refractivity contribution is 6.31. The average molecular weight is 285 g/mol. The maximum atomic E-state index is 11.7. The topological polar surface area (TPSA) is 64.3 Å². The number of benzene rings is 1. The lowest BCUT2D eigenvalue weighted by molar-refractivity contribution is 0.0636. The number of nitrogens with one attached hydrogen (secondary N) is 1. The fourth-order valence-corrected chi connectivity index (χ4v) is 1.77. The molecule has 0 bridgehead atoms. The van der Waals surface area contributed by atoms with E-state index in [0.29, 0.717) is 17.1 Å². The van der Waals surface area contributed by atoms with Gasteiger partial charge < -0.3 is 10.5 Å². The van der Waals surface area contributed by atoms with E-state index in [1.807, 2.05) is 33.8 Å². The van der Waals surface area contributed by atoms with Gasteiger partial charge in [0.2, 0.25) is 0 Å². The van der Waals surface area contributed by atoms with Gasteiger partial charge in [-0.2, -0.15) is 0 Å². The Morgan fingerprint density at radius 1 is 1.47 bits per heavy atom. The Hall–Kier alpha value is -1.26. The van der Waals surface area contributed by atoms with Gasteiger partial charge >= 0.3 is 6.09 Å². The van der Waals surface area contributed by atoms with Gasteiger partial charge in [-0.1, -0.05) is 11.6 Å². The molecule has 0 aliphatic heterocycles. The molecule has 5 heteroatoms.